The third-order valence-corrected chi connectivity index (χ3v) is 3.75. The Morgan fingerprint density at radius 3 is 2.36 bits per heavy atom. The number of aryl methyl sites for hydroxylation is 1. The highest BCUT2D eigenvalue weighted by Gasteiger charge is 2.17. The smallest absolute Gasteiger partial charge is 0.250 e. The highest BCUT2D eigenvalue weighted by Crippen LogP contribution is 2.28. The van der Waals surface area contributed by atoms with Crippen molar-refractivity contribution in [2.75, 3.05) is 11.6 Å². The third kappa shape index (κ3) is 2.82. The molecular formula is C16H16FN7O. The van der Waals surface area contributed by atoms with Crippen LogP contribution in [-0.2, 0) is 7.05 Å². The molecule has 3 rings (SSSR count). The van der Waals surface area contributed by atoms with Gasteiger partial charge < -0.3 is 22.0 Å². The van der Waals surface area contributed by atoms with Gasteiger partial charge in [-0.25, -0.2) is 14.1 Å². The van der Waals surface area contributed by atoms with Gasteiger partial charge in [0.05, 0.1) is 11.4 Å². The lowest BCUT2D eigenvalue weighted by Gasteiger charge is -2.16. The van der Waals surface area contributed by atoms with Crippen molar-refractivity contribution in [3.05, 3.63) is 64.3 Å². The summed E-state index contributed by atoms with van der Waals surface area (Å²) in [6.45, 7) is 0. The van der Waals surface area contributed by atoms with Gasteiger partial charge in [-0.2, -0.15) is 5.10 Å². The van der Waals surface area contributed by atoms with Crippen molar-refractivity contribution in [3.8, 4) is 22.5 Å². The second-order valence-corrected chi connectivity index (χ2v) is 5.39. The predicted octanol–water partition coefficient (Wildman–Crippen LogP) is 0.125. The van der Waals surface area contributed by atoms with Crippen LogP contribution in [0.3, 0.4) is 0 Å². The summed E-state index contributed by atoms with van der Waals surface area (Å²) in [6, 6.07) is 8.73. The molecule has 3 aromatic rings. The molecule has 0 saturated heterocycles. The molecule has 2 heterocycles. The average Bonchev–Trinajstić information content (AvgIpc) is 2.58. The summed E-state index contributed by atoms with van der Waals surface area (Å²) >= 11 is 0. The van der Waals surface area contributed by atoms with E-state index in [9.17, 15) is 9.18 Å². The lowest BCUT2D eigenvalue weighted by atomic mass is 10.0. The lowest BCUT2D eigenvalue weighted by molar-refractivity contribution is 0.628. The molecule has 1 aromatic carbocycles. The van der Waals surface area contributed by atoms with E-state index in [4.69, 9.17) is 17.4 Å². The first-order chi connectivity index (χ1) is 11.9. The maximum absolute atomic E-state index is 13.3. The number of hydrogen-bond acceptors (Lipinski definition) is 6. The van der Waals surface area contributed by atoms with E-state index in [1.54, 1.807) is 31.4 Å². The molecule has 0 aliphatic rings. The van der Waals surface area contributed by atoms with E-state index in [1.807, 2.05) is 0 Å². The van der Waals surface area contributed by atoms with E-state index >= 15 is 0 Å². The van der Waals surface area contributed by atoms with Crippen LogP contribution in [0, 0.1) is 5.82 Å². The van der Waals surface area contributed by atoms with Crippen molar-refractivity contribution in [1.29, 1.82) is 0 Å². The third-order valence-electron chi connectivity index (χ3n) is 3.75. The number of nitrogens with two attached hydrogens (primary N) is 3. The predicted molar refractivity (Wildman–Crippen MR) is 92.6 cm³/mol. The van der Waals surface area contributed by atoms with Crippen molar-refractivity contribution >= 4 is 5.82 Å². The van der Waals surface area contributed by atoms with Gasteiger partial charge in [-0.3, -0.25) is 4.79 Å². The molecule has 0 aliphatic carbocycles. The first-order valence-corrected chi connectivity index (χ1v) is 7.27. The van der Waals surface area contributed by atoms with Gasteiger partial charge in [0.1, 0.15) is 5.82 Å². The van der Waals surface area contributed by atoms with Gasteiger partial charge in [-0.1, -0.05) is 0 Å². The first kappa shape index (κ1) is 16.2. The van der Waals surface area contributed by atoms with E-state index < -0.39 is 0 Å². The van der Waals surface area contributed by atoms with Gasteiger partial charge >= 0.3 is 0 Å². The minimum absolute atomic E-state index is 0.0258. The van der Waals surface area contributed by atoms with Gasteiger partial charge in [0.2, 0.25) is 11.0 Å². The molecule has 0 atom stereocenters. The lowest BCUT2D eigenvalue weighted by Crippen LogP contribution is -2.34. The zero-order valence-corrected chi connectivity index (χ0v) is 13.3. The normalized spacial score (nSPS) is 11.7. The maximum atomic E-state index is 13.3. The Morgan fingerprint density at radius 1 is 1.12 bits per heavy atom. The number of benzene rings is 1. The fraction of sp³-hybridized carbons (Fsp3) is 0.0625. The molecule has 0 spiro atoms. The van der Waals surface area contributed by atoms with Crippen molar-refractivity contribution < 1.29 is 4.39 Å². The van der Waals surface area contributed by atoms with Crippen LogP contribution in [0.2, 0.25) is 0 Å². The summed E-state index contributed by atoms with van der Waals surface area (Å²) in [7, 11) is 1.61. The SMILES string of the molecule is Cn1cc(-c2c(-c3ccc(F)cc3)nc(N)/c(=N/N)n2N)ccc1=O. The highest BCUT2D eigenvalue weighted by molar-refractivity contribution is 5.78. The number of halogens is 1. The molecule has 128 valence electrons. The Balaban J connectivity index is 2.40. The zero-order chi connectivity index (χ0) is 18.1. The molecule has 2 aromatic heterocycles. The summed E-state index contributed by atoms with van der Waals surface area (Å²) < 4.78 is 15.9. The molecule has 8 nitrogen and oxygen atoms in total. The second kappa shape index (κ2) is 6.11. The van der Waals surface area contributed by atoms with Gasteiger partial charge in [-0.15, -0.1) is 0 Å². The molecule has 0 unspecified atom stereocenters. The van der Waals surface area contributed by atoms with Crippen LogP contribution in [0.25, 0.3) is 22.5 Å². The summed E-state index contributed by atoms with van der Waals surface area (Å²) in [6.07, 6.45) is 1.60. The van der Waals surface area contributed by atoms with Gasteiger partial charge in [0.15, 0.2) is 5.82 Å². The number of nitrogens with zero attached hydrogens (tertiary/aromatic N) is 4. The minimum atomic E-state index is -0.380. The van der Waals surface area contributed by atoms with Crippen LogP contribution in [0.4, 0.5) is 10.2 Å². The number of pyridine rings is 1. The van der Waals surface area contributed by atoms with E-state index in [0.29, 0.717) is 22.5 Å². The standard InChI is InChI=1S/C16H16FN7O/c1-23-8-10(4-7-12(23)25)14-13(9-2-5-11(17)6-3-9)21-15(18)16(22-19)24(14)20/h2-8H,19-20H2,1H3,(H2,18,21)/b22-16-. The van der Waals surface area contributed by atoms with Crippen molar-refractivity contribution in [3.63, 3.8) is 0 Å². The highest BCUT2D eigenvalue weighted by atomic mass is 19.1. The number of hydrogen-bond donors (Lipinski definition) is 3. The van der Waals surface area contributed by atoms with Crippen molar-refractivity contribution in [2.24, 2.45) is 18.0 Å². The van der Waals surface area contributed by atoms with Crippen LogP contribution in [-0.4, -0.2) is 14.2 Å². The topological polar surface area (TPSA) is 130 Å². The van der Waals surface area contributed by atoms with E-state index in [-0.39, 0.29) is 22.7 Å². The van der Waals surface area contributed by atoms with Crippen LogP contribution in [0.1, 0.15) is 0 Å². The molecule has 6 N–H and O–H groups in total. The summed E-state index contributed by atoms with van der Waals surface area (Å²) in [5, 5.41) is 3.57. The maximum Gasteiger partial charge on any atom is 0.250 e. The zero-order valence-electron chi connectivity index (χ0n) is 13.3. The number of nitrogen functional groups attached to an aromatic ring is 2. The molecule has 0 saturated carbocycles. The Bertz CT molecular complexity index is 1070. The van der Waals surface area contributed by atoms with Gasteiger partial charge in [-0.05, 0) is 30.3 Å². The van der Waals surface area contributed by atoms with E-state index in [0.717, 1.165) is 0 Å². The number of aromatic nitrogens is 3. The number of rotatable bonds is 2. The quantitative estimate of drug-likeness (QED) is 0.450. The molecular weight excluding hydrogens is 325 g/mol. The fourth-order valence-corrected chi connectivity index (χ4v) is 2.51. The van der Waals surface area contributed by atoms with Crippen LogP contribution in [0.5, 0.6) is 0 Å². The molecule has 0 fully saturated rings. The summed E-state index contributed by atoms with van der Waals surface area (Å²) in [5.41, 5.74) is 7.82. The largest absolute Gasteiger partial charge is 0.380 e. The Labute approximate surface area is 141 Å². The molecule has 9 heteroatoms. The minimum Gasteiger partial charge on any atom is -0.380 e. The Kier molecular flexibility index (Phi) is 3.97. The molecule has 0 bridgehead atoms. The fourth-order valence-electron chi connectivity index (χ4n) is 2.51. The van der Waals surface area contributed by atoms with Gasteiger partial charge in [0.25, 0.3) is 0 Å². The van der Waals surface area contributed by atoms with Gasteiger partial charge in [0, 0.05) is 30.4 Å². The molecule has 0 radical (unpaired) electrons. The summed E-state index contributed by atoms with van der Waals surface area (Å²) in [4.78, 5) is 16.0. The van der Waals surface area contributed by atoms with Crippen LogP contribution in [0.15, 0.2) is 52.5 Å². The molecule has 25 heavy (non-hydrogen) atoms. The Hall–Kier alpha value is -3.62. The van der Waals surface area contributed by atoms with E-state index in [1.165, 1.54) is 27.4 Å². The van der Waals surface area contributed by atoms with Crippen LogP contribution < -0.4 is 28.5 Å². The summed E-state index contributed by atoms with van der Waals surface area (Å²) in [5.74, 6) is 11.2. The molecule has 0 aliphatic heterocycles. The van der Waals surface area contributed by atoms with Crippen LogP contribution >= 0.6 is 0 Å². The second-order valence-electron chi connectivity index (χ2n) is 5.39. The Morgan fingerprint density at radius 2 is 1.76 bits per heavy atom. The monoisotopic (exact) mass is 341 g/mol. The van der Waals surface area contributed by atoms with Crippen molar-refractivity contribution in [1.82, 2.24) is 14.2 Å². The first-order valence-electron chi connectivity index (χ1n) is 7.27. The van der Waals surface area contributed by atoms with E-state index in [2.05, 4.69) is 10.1 Å². The molecule has 0 amide bonds. The van der Waals surface area contributed by atoms with Crippen molar-refractivity contribution in [2.45, 2.75) is 0 Å². The number of anilines is 1. The average molecular weight is 341 g/mol.